The maximum atomic E-state index is 2.83. The Labute approximate surface area is 630 Å². The quantitative estimate of drug-likeness (QED) is 0.159. The van der Waals surface area contributed by atoms with Gasteiger partial charge in [-0.3, -0.25) is 0 Å². The van der Waals surface area contributed by atoms with Crippen LogP contribution in [0.1, 0.15) is 188 Å². The van der Waals surface area contributed by atoms with Gasteiger partial charge < -0.3 is 14.7 Å². The molecule has 5 atom stereocenters. The zero-order chi connectivity index (χ0) is 72.2. The Hall–Kier alpha value is -10.2. The van der Waals surface area contributed by atoms with Crippen molar-refractivity contribution in [2.75, 3.05) is 14.7 Å². The molecule has 4 aliphatic heterocycles. The van der Waals surface area contributed by atoms with E-state index in [-0.39, 0.29) is 34.8 Å². The number of hydrogen-bond donors (Lipinski definition) is 0. The molecule has 11 aliphatic rings. The van der Waals surface area contributed by atoms with Crippen LogP contribution < -0.4 is 25.6 Å². The van der Waals surface area contributed by atoms with Crippen molar-refractivity contribution in [2.45, 2.75) is 168 Å². The van der Waals surface area contributed by atoms with Gasteiger partial charge in [-0.25, -0.2) is 0 Å². The van der Waals surface area contributed by atoms with E-state index < -0.39 is 5.41 Å². The topological polar surface area (TPSA) is 9.72 Å². The van der Waals surface area contributed by atoms with Crippen LogP contribution in [-0.2, 0) is 28.0 Å². The second-order valence-electron chi connectivity index (χ2n) is 34.9. The molecule has 3 nitrogen and oxygen atoms in total. The van der Waals surface area contributed by atoms with Crippen molar-refractivity contribution in [1.29, 1.82) is 0 Å². The van der Waals surface area contributed by atoms with E-state index >= 15 is 0 Å². The third-order valence-corrected chi connectivity index (χ3v) is 26.7. The van der Waals surface area contributed by atoms with Crippen molar-refractivity contribution >= 4 is 63.0 Å². The molecule has 2 spiro atoms. The van der Waals surface area contributed by atoms with Crippen LogP contribution in [0.4, 0.5) is 39.8 Å². The Morgan fingerprint density at radius 3 is 1.70 bits per heavy atom. The van der Waals surface area contributed by atoms with Gasteiger partial charge in [0, 0.05) is 40.4 Å². The molecule has 9 aromatic rings. The number of aryl methyl sites for hydroxylation is 6. The third-order valence-electron chi connectivity index (χ3n) is 26.7. The van der Waals surface area contributed by atoms with E-state index in [2.05, 4.69) is 334 Å². The molecule has 4 heteroatoms. The van der Waals surface area contributed by atoms with Gasteiger partial charge in [0.15, 0.2) is 0 Å². The molecule has 0 bridgehead atoms. The first-order valence-electron chi connectivity index (χ1n) is 39.7. The van der Waals surface area contributed by atoms with Gasteiger partial charge in [0.05, 0.1) is 45.0 Å². The zero-order valence-corrected chi connectivity index (χ0v) is 64.0. The molecule has 0 fully saturated rings. The van der Waals surface area contributed by atoms with Gasteiger partial charge in [0.1, 0.15) is 0 Å². The molecule has 0 radical (unpaired) electrons. The lowest BCUT2D eigenvalue weighted by molar-refractivity contribution is 0.414. The summed E-state index contributed by atoms with van der Waals surface area (Å²) in [5.41, 5.74) is 46.8. The molecule has 0 aromatic heterocycles. The normalized spacial score (nSPS) is 22.5. The van der Waals surface area contributed by atoms with Gasteiger partial charge in [0.25, 0.3) is 0 Å². The highest BCUT2D eigenvalue weighted by molar-refractivity contribution is 6.86. The maximum absolute atomic E-state index is 2.83. The Morgan fingerprint density at radius 2 is 1.00 bits per heavy atom. The second-order valence-corrected chi connectivity index (χ2v) is 34.9. The van der Waals surface area contributed by atoms with E-state index in [1.54, 1.807) is 5.57 Å². The number of allylic oxidation sites excluding steroid dienone is 20. The summed E-state index contributed by atoms with van der Waals surface area (Å²) in [6.45, 7) is 28.6. The van der Waals surface area contributed by atoms with Crippen LogP contribution in [0, 0.1) is 53.4 Å². The number of benzene rings is 9. The molecule has 0 saturated carbocycles. The number of fused-ring (bicyclic) bond motifs is 18. The molecule has 522 valence electrons. The average Bonchev–Trinajstić information content (AvgIpc) is 1.44. The Balaban J connectivity index is 0.944. The molecule has 5 unspecified atom stereocenters. The standard InChI is InChI=1S/C102H96BN3/c1-61-52-63(3)94(64(4)53-61)96-75-58-69(99(7,8)9)48-50-86(75)106-91-51-49-70(100(10,11)12)59-85(91)103(97-65(5)54-62(2)55-66(97)6)60-68-56-67(57-76(96)98(68)106)95-92(104-87-42-25-21-38-81(87)101(82-39-22-26-43-88(82)104)77-34-17-13-30-71(77)72-31-14-18-35-78(72)101)46-29-47-93(95)105-89-44-27-23-40-83(89)102(84-41-24-28-45-90(84)105)79-36-19-15-32-73(79)74-33-16-20-37-80(74)102/h13,15,17-25,27,29-30,32,34-42,44,46-59,71,77,96H,14,16,26,28,31,33,43,45,60H2,1-12H3. The van der Waals surface area contributed by atoms with E-state index in [1.807, 2.05) is 0 Å². The van der Waals surface area contributed by atoms with Crippen molar-refractivity contribution in [3.8, 4) is 11.1 Å². The van der Waals surface area contributed by atoms with Crippen molar-refractivity contribution in [2.24, 2.45) is 11.8 Å². The largest absolute Gasteiger partial charge is 0.313 e. The van der Waals surface area contributed by atoms with Gasteiger partial charge in [-0.2, -0.15) is 0 Å². The summed E-state index contributed by atoms with van der Waals surface area (Å²) in [5.74, 6) is 0.473. The van der Waals surface area contributed by atoms with Crippen molar-refractivity contribution in [3.05, 3.63) is 365 Å². The predicted octanol–water partition coefficient (Wildman–Crippen LogP) is 24.6. The molecule has 0 N–H and O–H groups in total. The highest BCUT2D eigenvalue weighted by Crippen LogP contribution is 2.69. The second kappa shape index (κ2) is 23.7. The molecule has 106 heavy (non-hydrogen) atoms. The first-order valence-corrected chi connectivity index (χ1v) is 39.7. The van der Waals surface area contributed by atoms with E-state index in [9.17, 15) is 0 Å². The highest BCUT2D eigenvalue weighted by atomic mass is 15.2. The molecule has 20 rings (SSSR count). The van der Waals surface area contributed by atoms with E-state index in [4.69, 9.17) is 0 Å². The van der Waals surface area contributed by atoms with Crippen LogP contribution in [0.5, 0.6) is 0 Å². The molecule has 0 saturated heterocycles. The predicted molar refractivity (Wildman–Crippen MR) is 448 cm³/mol. The van der Waals surface area contributed by atoms with Crippen LogP contribution in [0.2, 0.25) is 0 Å². The number of hydrogen-bond acceptors (Lipinski definition) is 3. The zero-order valence-electron chi connectivity index (χ0n) is 64.0. The lowest BCUT2D eigenvalue weighted by Gasteiger charge is -2.50. The molecular weight excluding hydrogens is 1280 g/mol. The van der Waals surface area contributed by atoms with Crippen LogP contribution in [0.25, 0.3) is 16.7 Å². The van der Waals surface area contributed by atoms with Crippen LogP contribution in [0.3, 0.4) is 0 Å². The number of para-hydroxylation sites is 2. The average molecular weight is 1370 g/mol. The summed E-state index contributed by atoms with van der Waals surface area (Å²) in [5, 5.41) is 0. The summed E-state index contributed by atoms with van der Waals surface area (Å²) >= 11 is 0. The first-order chi connectivity index (χ1) is 51.3. The minimum Gasteiger partial charge on any atom is -0.313 e. The molecule has 9 aromatic carbocycles. The smallest absolute Gasteiger partial charge is 0.217 e. The van der Waals surface area contributed by atoms with Gasteiger partial charge >= 0.3 is 0 Å². The minimum atomic E-state index is -0.492. The summed E-state index contributed by atoms with van der Waals surface area (Å²) in [7, 11) is 0. The fourth-order valence-electron chi connectivity index (χ4n) is 22.8. The monoisotopic (exact) mass is 1370 g/mol. The summed E-state index contributed by atoms with van der Waals surface area (Å²) in [4.78, 5) is 8.43. The number of rotatable bonds is 5. The molecule has 0 amide bonds. The van der Waals surface area contributed by atoms with Gasteiger partial charge in [-0.05, 0) is 264 Å². The fraction of sp³-hybridized carbons (Fsp3) is 0.275. The van der Waals surface area contributed by atoms with Gasteiger partial charge in [0.2, 0.25) is 6.71 Å². The van der Waals surface area contributed by atoms with Crippen LogP contribution >= 0.6 is 0 Å². The van der Waals surface area contributed by atoms with E-state index in [0.29, 0.717) is 5.92 Å². The Bertz CT molecular complexity index is 5680. The summed E-state index contributed by atoms with van der Waals surface area (Å²) < 4.78 is 0. The number of anilines is 7. The molecular formula is C102H96BN3. The van der Waals surface area contributed by atoms with Crippen LogP contribution in [0.15, 0.2) is 276 Å². The minimum absolute atomic E-state index is 0.0317. The lowest BCUT2D eigenvalue weighted by atomic mass is 9.36. The Morgan fingerprint density at radius 1 is 0.443 bits per heavy atom. The molecule has 4 heterocycles. The third kappa shape index (κ3) is 9.12. The van der Waals surface area contributed by atoms with Crippen LogP contribution in [-0.4, -0.2) is 6.71 Å². The number of nitrogens with zero attached hydrogens (tertiary/aromatic N) is 3. The summed E-state index contributed by atoms with van der Waals surface area (Å²) in [6.07, 6.45) is 38.9. The maximum Gasteiger partial charge on any atom is 0.217 e. The SMILES string of the molecule is Cc1cc(C)c(B2Cc3cc(-c4c(N5C6=C(C=CCC6)C6(C7=C(CCC=C7)c7ccccc76)c6ccccc65)cccc4N4C5=C(C=CCC5)C5(C6=C(CCC=C6)C6C=CC=CC65)c5ccccc54)cc4c3N(c3ccc(C(C)(C)C)cc32)c2ccc(C(C)(C)C)cc2C4c2c(C)cc(C)cc2C)c(C)c1. The first kappa shape index (κ1) is 65.4. The van der Waals surface area contributed by atoms with Crippen molar-refractivity contribution in [3.63, 3.8) is 0 Å². The van der Waals surface area contributed by atoms with Gasteiger partial charge in [-0.1, -0.05) is 263 Å². The fourth-order valence-corrected chi connectivity index (χ4v) is 22.8. The van der Waals surface area contributed by atoms with E-state index in [1.165, 1.54) is 190 Å². The highest BCUT2D eigenvalue weighted by Gasteiger charge is 2.59. The molecule has 7 aliphatic carbocycles. The van der Waals surface area contributed by atoms with Gasteiger partial charge in [-0.15, -0.1) is 0 Å². The summed E-state index contributed by atoms with van der Waals surface area (Å²) in [6, 6.07) is 67.0. The van der Waals surface area contributed by atoms with Crippen molar-refractivity contribution < 1.29 is 0 Å². The lowest BCUT2D eigenvalue weighted by Crippen LogP contribution is -2.47. The van der Waals surface area contributed by atoms with E-state index in [0.717, 1.165) is 57.7 Å². The van der Waals surface area contributed by atoms with Crippen molar-refractivity contribution in [1.82, 2.24) is 0 Å². The Kier molecular flexibility index (Phi) is 14.6.